The van der Waals surface area contributed by atoms with Crippen molar-refractivity contribution >= 4 is 17.8 Å². The smallest absolute Gasteiger partial charge is 0.326 e. The van der Waals surface area contributed by atoms with E-state index in [0.29, 0.717) is 6.54 Å². The highest BCUT2D eigenvalue weighted by atomic mass is 16.2. The minimum absolute atomic E-state index is 0.00496. The molecule has 1 aliphatic rings. The van der Waals surface area contributed by atoms with Crippen molar-refractivity contribution in [2.24, 2.45) is 0 Å². The van der Waals surface area contributed by atoms with Crippen LogP contribution in [0, 0.1) is 0 Å². The van der Waals surface area contributed by atoms with Crippen LogP contribution in [-0.2, 0) is 16.0 Å². The molecule has 22 heavy (non-hydrogen) atoms. The number of carbonyl (C=O) groups is 3. The van der Waals surface area contributed by atoms with Gasteiger partial charge in [-0.2, -0.15) is 0 Å². The molecule has 7 nitrogen and oxygen atoms in total. The summed E-state index contributed by atoms with van der Waals surface area (Å²) in [6, 6.07) is 4.65. The number of hydrogen-bond acceptors (Lipinski definition) is 4. The Morgan fingerprint density at radius 3 is 2.68 bits per heavy atom. The molecule has 2 heterocycles. The molecular formula is C15H20N4O3. The topological polar surface area (TPSA) is 82.6 Å². The Morgan fingerprint density at radius 2 is 2.09 bits per heavy atom. The van der Waals surface area contributed by atoms with Crippen LogP contribution < -0.4 is 5.32 Å². The number of aromatic nitrogens is 1. The van der Waals surface area contributed by atoms with Gasteiger partial charge < -0.3 is 10.2 Å². The average Bonchev–Trinajstić information content (AvgIpc) is 2.70. The normalized spacial score (nSPS) is 18.0. The largest absolute Gasteiger partial charge is 0.356 e. The van der Waals surface area contributed by atoms with E-state index in [0.717, 1.165) is 23.4 Å². The van der Waals surface area contributed by atoms with Gasteiger partial charge in [-0.25, -0.2) is 4.79 Å². The number of nitrogens with one attached hydrogen (secondary N) is 1. The summed E-state index contributed by atoms with van der Waals surface area (Å²) < 4.78 is 0. The summed E-state index contributed by atoms with van der Waals surface area (Å²) in [5.74, 6) is -0.564. The van der Waals surface area contributed by atoms with Crippen LogP contribution in [0.2, 0.25) is 0 Å². The molecule has 0 aliphatic carbocycles. The lowest BCUT2D eigenvalue weighted by atomic mass is 10.1. The SMILES string of the molecule is CN1C(=O)C(CC(=O)NCCCc2ccccn2)N(C)C1=O. The van der Waals surface area contributed by atoms with Gasteiger partial charge in [0.2, 0.25) is 5.91 Å². The molecule has 1 saturated heterocycles. The van der Waals surface area contributed by atoms with Gasteiger partial charge in [0.05, 0.1) is 6.42 Å². The molecule has 0 saturated carbocycles. The van der Waals surface area contributed by atoms with Crippen molar-refractivity contribution in [3.8, 4) is 0 Å². The Bertz CT molecular complexity index is 561. The number of urea groups is 1. The Labute approximate surface area is 129 Å². The van der Waals surface area contributed by atoms with E-state index in [1.165, 1.54) is 19.0 Å². The Hall–Kier alpha value is -2.44. The molecule has 1 aliphatic heterocycles. The first-order valence-corrected chi connectivity index (χ1v) is 7.21. The van der Waals surface area contributed by atoms with E-state index >= 15 is 0 Å². The van der Waals surface area contributed by atoms with Crippen LogP contribution in [0.4, 0.5) is 4.79 Å². The number of amides is 4. The summed E-state index contributed by atoms with van der Waals surface area (Å²) >= 11 is 0. The number of nitrogens with zero attached hydrogens (tertiary/aromatic N) is 3. The highest BCUT2D eigenvalue weighted by molar-refractivity contribution is 6.05. The van der Waals surface area contributed by atoms with Gasteiger partial charge in [0.15, 0.2) is 0 Å². The molecule has 1 aromatic heterocycles. The van der Waals surface area contributed by atoms with E-state index in [1.54, 1.807) is 6.20 Å². The second kappa shape index (κ2) is 7.02. The van der Waals surface area contributed by atoms with E-state index in [4.69, 9.17) is 0 Å². The number of aryl methyl sites for hydroxylation is 1. The molecule has 1 atom stereocenters. The van der Waals surface area contributed by atoms with Gasteiger partial charge in [-0.05, 0) is 25.0 Å². The van der Waals surface area contributed by atoms with Crippen LogP contribution in [0.3, 0.4) is 0 Å². The maximum absolute atomic E-state index is 11.9. The quantitative estimate of drug-likeness (QED) is 0.609. The number of rotatable bonds is 6. The molecule has 1 unspecified atom stereocenters. The molecule has 1 N–H and O–H groups in total. The predicted octanol–water partition coefficient (Wildman–Crippen LogP) is 0.413. The van der Waals surface area contributed by atoms with Crippen LogP contribution in [0.25, 0.3) is 0 Å². The summed E-state index contributed by atoms with van der Waals surface area (Å²) in [7, 11) is 2.95. The molecule has 0 bridgehead atoms. The second-order valence-corrected chi connectivity index (χ2v) is 5.29. The average molecular weight is 304 g/mol. The third kappa shape index (κ3) is 3.60. The Morgan fingerprint density at radius 1 is 1.32 bits per heavy atom. The number of hydrogen-bond donors (Lipinski definition) is 1. The maximum Gasteiger partial charge on any atom is 0.326 e. The molecule has 118 valence electrons. The summed E-state index contributed by atoms with van der Waals surface area (Å²) in [5.41, 5.74) is 0.981. The molecule has 1 fully saturated rings. The number of likely N-dealkylation sites (N-methyl/N-ethyl adjacent to an activating group) is 2. The second-order valence-electron chi connectivity index (χ2n) is 5.29. The minimum Gasteiger partial charge on any atom is -0.356 e. The lowest BCUT2D eigenvalue weighted by molar-refractivity contribution is -0.131. The fourth-order valence-electron chi connectivity index (χ4n) is 2.37. The van der Waals surface area contributed by atoms with Crippen molar-refractivity contribution in [1.82, 2.24) is 20.1 Å². The highest BCUT2D eigenvalue weighted by Gasteiger charge is 2.41. The van der Waals surface area contributed by atoms with Crippen LogP contribution in [-0.4, -0.2) is 59.3 Å². The Balaban J connectivity index is 1.72. The number of carbonyl (C=O) groups excluding carboxylic acids is 3. The predicted molar refractivity (Wildman–Crippen MR) is 79.9 cm³/mol. The van der Waals surface area contributed by atoms with E-state index in [9.17, 15) is 14.4 Å². The minimum atomic E-state index is -0.701. The van der Waals surface area contributed by atoms with E-state index in [2.05, 4.69) is 10.3 Å². The zero-order chi connectivity index (χ0) is 16.1. The van der Waals surface area contributed by atoms with E-state index in [1.807, 2.05) is 18.2 Å². The molecule has 7 heteroatoms. The van der Waals surface area contributed by atoms with Crippen LogP contribution in [0.15, 0.2) is 24.4 Å². The van der Waals surface area contributed by atoms with Gasteiger partial charge in [-0.1, -0.05) is 6.07 Å². The number of pyridine rings is 1. The molecule has 0 radical (unpaired) electrons. The molecule has 2 rings (SSSR count). The first-order valence-electron chi connectivity index (χ1n) is 7.21. The molecule has 0 aromatic carbocycles. The van der Waals surface area contributed by atoms with Gasteiger partial charge in [-0.3, -0.25) is 19.5 Å². The fraction of sp³-hybridized carbons (Fsp3) is 0.467. The van der Waals surface area contributed by atoms with Crippen molar-refractivity contribution in [1.29, 1.82) is 0 Å². The summed E-state index contributed by atoms with van der Waals surface area (Å²) in [6.07, 6.45) is 3.29. The third-order valence-corrected chi connectivity index (χ3v) is 3.71. The van der Waals surface area contributed by atoms with E-state index < -0.39 is 6.04 Å². The zero-order valence-corrected chi connectivity index (χ0v) is 12.8. The van der Waals surface area contributed by atoms with Crippen molar-refractivity contribution in [2.75, 3.05) is 20.6 Å². The van der Waals surface area contributed by atoms with Gasteiger partial charge in [0.25, 0.3) is 5.91 Å². The zero-order valence-electron chi connectivity index (χ0n) is 12.8. The molecular weight excluding hydrogens is 284 g/mol. The van der Waals surface area contributed by atoms with Crippen LogP contribution in [0.5, 0.6) is 0 Å². The summed E-state index contributed by atoms with van der Waals surface area (Å²) in [4.78, 5) is 41.9. The van der Waals surface area contributed by atoms with Gasteiger partial charge in [0, 0.05) is 32.5 Å². The van der Waals surface area contributed by atoms with Crippen molar-refractivity contribution in [2.45, 2.75) is 25.3 Å². The third-order valence-electron chi connectivity index (χ3n) is 3.71. The van der Waals surface area contributed by atoms with Crippen LogP contribution in [0.1, 0.15) is 18.5 Å². The Kier molecular flexibility index (Phi) is 5.08. The number of imide groups is 1. The van der Waals surface area contributed by atoms with Crippen molar-refractivity contribution in [3.63, 3.8) is 0 Å². The fourth-order valence-corrected chi connectivity index (χ4v) is 2.37. The standard InChI is InChI=1S/C15H20N4O3/c1-18-12(14(21)19(2)15(18)22)10-13(20)17-9-5-7-11-6-3-4-8-16-11/h3-4,6,8,12H,5,7,9-10H2,1-2H3,(H,17,20). The molecule has 1 aromatic rings. The van der Waals surface area contributed by atoms with Crippen LogP contribution >= 0.6 is 0 Å². The maximum atomic E-state index is 11.9. The monoisotopic (exact) mass is 304 g/mol. The van der Waals surface area contributed by atoms with Crippen molar-refractivity contribution in [3.05, 3.63) is 30.1 Å². The van der Waals surface area contributed by atoms with Gasteiger partial charge >= 0.3 is 6.03 Å². The van der Waals surface area contributed by atoms with E-state index in [-0.39, 0.29) is 24.3 Å². The van der Waals surface area contributed by atoms with Crippen molar-refractivity contribution < 1.29 is 14.4 Å². The van der Waals surface area contributed by atoms with Gasteiger partial charge in [-0.15, -0.1) is 0 Å². The highest BCUT2D eigenvalue weighted by Crippen LogP contribution is 2.16. The lowest BCUT2D eigenvalue weighted by Crippen LogP contribution is -2.37. The molecule has 0 spiro atoms. The van der Waals surface area contributed by atoms with Gasteiger partial charge in [0.1, 0.15) is 6.04 Å². The first kappa shape index (κ1) is 15.9. The lowest BCUT2D eigenvalue weighted by Gasteiger charge is -2.15. The first-order chi connectivity index (χ1) is 10.5. The molecule has 4 amide bonds. The summed E-state index contributed by atoms with van der Waals surface area (Å²) in [5, 5.41) is 2.78. The summed E-state index contributed by atoms with van der Waals surface area (Å²) in [6.45, 7) is 0.518.